The number of carbonyl (C=O) groups excluding carboxylic acids is 2. The number of primary amides is 1. The number of aromatic nitrogens is 3. The molecule has 2 amide bonds. The maximum atomic E-state index is 15.8. The largest absolute Gasteiger partial charge is 0.433 e. The summed E-state index contributed by atoms with van der Waals surface area (Å²) in [6.07, 6.45) is -2.53. The SMILES string of the molecule is COCc1c(F)cc(-c2c(C)nn(CC(N)=O)c2C)cc1N1CC[C@]2(C[C@@H]1C)N=C(c1ccc(C(F)(F)F)nc1C1CC1)NC2=O. The van der Waals surface area contributed by atoms with E-state index in [4.69, 9.17) is 15.5 Å². The maximum Gasteiger partial charge on any atom is 0.433 e. The van der Waals surface area contributed by atoms with Gasteiger partial charge >= 0.3 is 6.18 Å². The third-order valence-corrected chi connectivity index (χ3v) is 9.09. The second kappa shape index (κ2) is 11.5. The first kappa shape index (κ1) is 31.6. The number of aliphatic imine (C=N–C) groups is 1. The number of hydrogen-bond donors (Lipinski definition) is 2. The fourth-order valence-corrected chi connectivity index (χ4v) is 6.76. The lowest BCUT2D eigenvalue weighted by Gasteiger charge is -2.43. The van der Waals surface area contributed by atoms with Crippen LogP contribution in [0.25, 0.3) is 11.1 Å². The molecule has 2 fully saturated rings. The lowest BCUT2D eigenvalue weighted by Crippen LogP contribution is -2.53. The number of pyridine rings is 1. The van der Waals surface area contributed by atoms with Crippen LogP contribution < -0.4 is 16.0 Å². The van der Waals surface area contributed by atoms with Crippen molar-refractivity contribution in [1.29, 1.82) is 0 Å². The fraction of sp³-hybridized carbons (Fsp3) is 0.469. The van der Waals surface area contributed by atoms with E-state index in [2.05, 4.69) is 15.4 Å². The Morgan fingerprint density at radius 2 is 1.96 bits per heavy atom. The molecule has 1 spiro atoms. The van der Waals surface area contributed by atoms with Crippen LogP contribution in [0.3, 0.4) is 0 Å². The van der Waals surface area contributed by atoms with Gasteiger partial charge in [-0.1, -0.05) is 0 Å². The molecule has 4 heterocycles. The number of nitrogens with two attached hydrogens (primary N) is 1. The minimum Gasteiger partial charge on any atom is -0.380 e. The quantitative estimate of drug-likeness (QED) is 0.348. The minimum atomic E-state index is -4.58. The van der Waals surface area contributed by atoms with Crippen LogP contribution in [0.4, 0.5) is 23.2 Å². The Kier molecular flexibility index (Phi) is 7.90. The number of amidine groups is 1. The van der Waals surface area contributed by atoms with E-state index in [-0.39, 0.29) is 36.9 Å². The summed E-state index contributed by atoms with van der Waals surface area (Å²) in [5, 5.41) is 7.27. The molecule has 6 rings (SSSR count). The van der Waals surface area contributed by atoms with Gasteiger partial charge in [-0.2, -0.15) is 18.3 Å². The van der Waals surface area contributed by atoms with Crippen LogP contribution in [0, 0.1) is 19.7 Å². The number of anilines is 1. The lowest BCUT2D eigenvalue weighted by molar-refractivity contribution is -0.141. The molecule has 1 saturated heterocycles. The summed E-state index contributed by atoms with van der Waals surface area (Å²) in [5.41, 5.74) is 7.52. The Labute approximate surface area is 263 Å². The van der Waals surface area contributed by atoms with Gasteiger partial charge in [-0.05, 0) is 69.9 Å². The van der Waals surface area contributed by atoms with Gasteiger partial charge in [-0.25, -0.2) is 9.37 Å². The Hall–Kier alpha value is -4.33. The molecule has 1 aromatic carbocycles. The van der Waals surface area contributed by atoms with Gasteiger partial charge in [0.05, 0.1) is 18.0 Å². The molecule has 3 aliphatic rings. The summed E-state index contributed by atoms with van der Waals surface area (Å²) < 4.78 is 62.9. The van der Waals surface area contributed by atoms with Gasteiger partial charge in [0, 0.05) is 60.1 Å². The summed E-state index contributed by atoms with van der Waals surface area (Å²) >= 11 is 0. The van der Waals surface area contributed by atoms with Crippen LogP contribution in [0.15, 0.2) is 29.3 Å². The lowest BCUT2D eigenvalue weighted by atomic mass is 9.83. The number of methoxy groups -OCH3 is 1. The van der Waals surface area contributed by atoms with Crippen LogP contribution >= 0.6 is 0 Å². The molecular weight excluding hydrogens is 606 g/mol. The number of alkyl halides is 3. The molecule has 0 unspecified atom stereocenters. The number of rotatable bonds is 8. The van der Waals surface area contributed by atoms with E-state index in [9.17, 15) is 22.8 Å². The van der Waals surface area contributed by atoms with E-state index < -0.39 is 29.1 Å². The third-order valence-electron chi connectivity index (χ3n) is 9.09. The Morgan fingerprint density at radius 3 is 2.59 bits per heavy atom. The fourth-order valence-electron chi connectivity index (χ4n) is 6.76. The van der Waals surface area contributed by atoms with Gasteiger partial charge < -0.3 is 20.7 Å². The molecule has 3 aromatic rings. The van der Waals surface area contributed by atoms with E-state index in [0.717, 1.165) is 18.9 Å². The zero-order chi connectivity index (χ0) is 33.1. The first-order valence-electron chi connectivity index (χ1n) is 15.1. The number of benzene rings is 1. The molecule has 244 valence electrons. The highest BCUT2D eigenvalue weighted by Crippen LogP contribution is 2.44. The number of halogens is 4. The van der Waals surface area contributed by atoms with Crippen molar-refractivity contribution in [2.75, 3.05) is 18.6 Å². The van der Waals surface area contributed by atoms with Crippen LogP contribution in [-0.2, 0) is 33.7 Å². The first-order chi connectivity index (χ1) is 21.7. The van der Waals surface area contributed by atoms with E-state index in [1.54, 1.807) is 13.8 Å². The van der Waals surface area contributed by atoms with Crippen molar-refractivity contribution in [2.45, 2.75) is 83.3 Å². The number of hydrogen-bond acceptors (Lipinski definition) is 7. The monoisotopic (exact) mass is 641 g/mol. The van der Waals surface area contributed by atoms with Crippen molar-refractivity contribution in [3.63, 3.8) is 0 Å². The molecule has 1 saturated carbocycles. The van der Waals surface area contributed by atoms with Crippen molar-refractivity contribution >= 4 is 23.3 Å². The highest BCUT2D eigenvalue weighted by atomic mass is 19.4. The normalized spacial score (nSPS) is 21.6. The van der Waals surface area contributed by atoms with E-state index in [1.165, 1.54) is 23.9 Å². The van der Waals surface area contributed by atoms with Crippen LogP contribution in [0.2, 0.25) is 0 Å². The highest BCUT2D eigenvalue weighted by molar-refractivity contribution is 6.16. The van der Waals surface area contributed by atoms with Crippen molar-refractivity contribution in [2.24, 2.45) is 10.7 Å². The van der Waals surface area contributed by atoms with Crippen molar-refractivity contribution in [1.82, 2.24) is 20.1 Å². The summed E-state index contributed by atoms with van der Waals surface area (Å²) in [4.78, 5) is 35.9. The Bertz CT molecular complexity index is 1760. The summed E-state index contributed by atoms with van der Waals surface area (Å²) in [7, 11) is 1.49. The minimum absolute atomic E-state index is 0.0162. The predicted octanol–water partition coefficient (Wildman–Crippen LogP) is 4.53. The van der Waals surface area contributed by atoms with Gasteiger partial charge in [0.25, 0.3) is 5.91 Å². The number of nitrogens with zero attached hydrogens (tertiary/aromatic N) is 5. The van der Waals surface area contributed by atoms with Crippen LogP contribution in [-0.4, -0.2) is 57.6 Å². The average molecular weight is 642 g/mol. The predicted molar refractivity (Wildman–Crippen MR) is 162 cm³/mol. The molecule has 3 N–H and O–H groups in total. The number of carbonyl (C=O) groups is 2. The molecule has 1 aliphatic carbocycles. The Balaban J connectivity index is 1.33. The molecule has 2 aromatic heterocycles. The first-order valence-corrected chi connectivity index (χ1v) is 15.1. The summed E-state index contributed by atoms with van der Waals surface area (Å²) in [6, 6.07) is 5.29. The van der Waals surface area contributed by atoms with Gasteiger partial charge in [-0.3, -0.25) is 19.3 Å². The van der Waals surface area contributed by atoms with Gasteiger partial charge in [0.1, 0.15) is 29.4 Å². The maximum absolute atomic E-state index is 15.8. The van der Waals surface area contributed by atoms with E-state index >= 15 is 4.39 Å². The molecule has 0 bridgehead atoms. The molecule has 46 heavy (non-hydrogen) atoms. The van der Waals surface area contributed by atoms with E-state index in [1.807, 2.05) is 17.9 Å². The summed E-state index contributed by atoms with van der Waals surface area (Å²) in [5.74, 6) is -1.20. The van der Waals surface area contributed by atoms with Crippen LogP contribution in [0.1, 0.15) is 72.4 Å². The van der Waals surface area contributed by atoms with Crippen molar-refractivity contribution in [3.8, 4) is 11.1 Å². The zero-order valence-electron chi connectivity index (χ0n) is 26.0. The van der Waals surface area contributed by atoms with Crippen LogP contribution in [0.5, 0.6) is 0 Å². The topological polar surface area (TPSA) is 128 Å². The number of nitrogens with one attached hydrogen (secondary N) is 1. The Morgan fingerprint density at radius 1 is 1.22 bits per heavy atom. The van der Waals surface area contributed by atoms with Crippen molar-refractivity contribution in [3.05, 3.63) is 64.0 Å². The smallest absolute Gasteiger partial charge is 0.380 e. The molecule has 0 radical (unpaired) electrons. The molecule has 14 heteroatoms. The molecule has 2 atom stereocenters. The number of aryl methyl sites for hydroxylation is 1. The van der Waals surface area contributed by atoms with Gasteiger partial charge in [0.2, 0.25) is 5.91 Å². The average Bonchev–Trinajstić information content (AvgIpc) is 3.72. The number of piperidine rings is 1. The second-order valence-corrected chi connectivity index (χ2v) is 12.4. The number of amides is 2. The van der Waals surface area contributed by atoms with Gasteiger partial charge in [0.15, 0.2) is 0 Å². The van der Waals surface area contributed by atoms with Crippen molar-refractivity contribution < 1.29 is 31.9 Å². The molecule has 10 nitrogen and oxygen atoms in total. The van der Waals surface area contributed by atoms with Gasteiger partial charge in [-0.15, -0.1) is 0 Å². The molecule has 2 aliphatic heterocycles. The summed E-state index contributed by atoms with van der Waals surface area (Å²) in [6.45, 7) is 5.76. The standard InChI is InChI=1S/C32H35F4N7O3/c1-16-13-31(30(45)39-29(40-31)21-7-8-25(32(34,35)36)38-28(21)19-5-6-19)9-10-42(16)24-12-20(11-23(33)22(24)15-46-4)27-17(2)41-43(18(27)3)14-26(37)44/h7-8,11-12,16,19H,5-6,9-10,13-15H2,1-4H3,(H2,37,44)(H,39,40,45)/t16-,31+/m0/s1. The number of ether oxygens (including phenoxy) is 1. The molecular formula is C32H35F4N7O3. The zero-order valence-corrected chi connectivity index (χ0v) is 26.0. The highest BCUT2D eigenvalue weighted by Gasteiger charge is 2.49. The third kappa shape index (κ3) is 5.63. The second-order valence-electron chi connectivity index (χ2n) is 12.4. The van der Waals surface area contributed by atoms with E-state index in [0.29, 0.717) is 64.4 Å².